The fourth-order valence-electron chi connectivity index (χ4n) is 3.53. The normalized spacial score (nSPS) is 15.9. The van der Waals surface area contributed by atoms with Crippen LogP contribution >= 0.6 is 11.3 Å². The molecular weight excluding hydrogens is 433 g/mol. The number of rotatable bonds is 7. The van der Waals surface area contributed by atoms with E-state index < -0.39 is 29.7 Å². The lowest BCUT2D eigenvalue weighted by Crippen LogP contribution is -2.37. The Morgan fingerprint density at radius 1 is 1.12 bits per heavy atom. The van der Waals surface area contributed by atoms with E-state index >= 15 is 0 Å². The molecule has 0 bridgehead atoms. The molecule has 4 rings (SSSR count). The van der Waals surface area contributed by atoms with Crippen LogP contribution in [0.25, 0.3) is 0 Å². The maximum atomic E-state index is 13.4. The number of carbonyl (C=O) groups is 3. The number of hydrogen-bond acceptors (Lipinski definition) is 5. The van der Waals surface area contributed by atoms with Crippen molar-refractivity contribution in [2.24, 2.45) is 0 Å². The minimum absolute atomic E-state index is 0.195. The zero-order chi connectivity index (χ0) is 22.7. The van der Waals surface area contributed by atoms with Crippen molar-refractivity contribution in [3.05, 3.63) is 76.7 Å². The number of carbonyl (C=O) groups excluding carboxylic acids is 3. The molecule has 1 aromatic heterocycles. The van der Waals surface area contributed by atoms with Gasteiger partial charge >= 0.3 is 6.03 Å². The highest BCUT2D eigenvalue weighted by Gasteiger charge is 2.46. The number of thiophene rings is 1. The largest absolute Gasteiger partial charge is 0.497 e. The van der Waals surface area contributed by atoms with Gasteiger partial charge in [-0.25, -0.2) is 14.1 Å². The summed E-state index contributed by atoms with van der Waals surface area (Å²) in [6.45, 7) is 0.195. The molecule has 7 nitrogen and oxygen atoms in total. The fourth-order valence-corrected chi connectivity index (χ4v) is 4.23. The third kappa shape index (κ3) is 4.47. The lowest BCUT2D eigenvalue weighted by atomic mass is 10.1. The monoisotopic (exact) mass is 453 g/mol. The lowest BCUT2D eigenvalue weighted by molar-refractivity contribution is -0.124. The summed E-state index contributed by atoms with van der Waals surface area (Å²) in [5, 5.41) is 4.47. The van der Waals surface area contributed by atoms with E-state index in [1.807, 2.05) is 17.5 Å². The summed E-state index contributed by atoms with van der Waals surface area (Å²) in [5.41, 5.74) is 0.643. The minimum Gasteiger partial charge on any atom is -0.497 e. The van der Waals surface area contributed by atoms with E-state index in [0.717, 1.165) is 9.78 Å². The van der Waals surface area contributed by atoms with Crippen LogP contribution in [-0.2, 0) is 16.1 Å². The van der Waals surface area contributed by atoms with Crippen LogP contribution in [0.2, 0.25) is 0 Å². The number of anilines is 2. The van der Waals surface area contributed by atoms with Crippen molar-refractivity contribution in [1.82, 2.24) is 4.90 Å². The van der Waals surface area contributed by atoms with Gasteiger partial charge in [0.2, 0.25) is 5.91 Å². The molecule has 164 valence electrons. The highest BCUT2D eigenvalue weighted by molar-refractivity contribution is 7.09. The molecule has 2 aromatic carbocycles. The van der Waals surface area contributed by atoms with Gasteiger partial charge in [-0.3, -0.25) is 9.59 Å². The number of methoxy groups -OCH3 is 1. The van der Waals surface area contributed by atoms with Gasteiger partial charge in [0.25, 0.3) is 5.91 Å². The predicted octanol–water partition coefficient (Wildman–Crippen LogP) is 4.26. The van der Waals surface area contributed by atoms with Crippen molar-refractivity contribution in [1.29, 1.82) is 0 Å². The Labute approximate surface area is 188 Å². The standard InChI is InChI=1S/C23H20FN3O4S/c1-31-18-8-3-7-17(12-18)27-22(29)20(26(23(27)30)14-19-9-4-10-32-19)13-21(28)25-16-6-2-5-15(24)11-16/h2-12,20H,13-14H2,1H3,(H,25,28)/t20-/m1/s1. The molecule has 2 heterocycles. The highest BCUT2D eigenvalue weighted by Crippen LogP contribution is 2.31. The van der Waals surface area contributed by atoms with E-state index in [9.17, 15) is 18.8 Å². The Balaban J connectivity index is 1.60. The summed E-state index contributed by atoms with van der Waals surface area (Å²) in [5.74, 6) is -0.988. The van der Waals surface area contributed by atoms with Gasteiger partial charge in [0.1, 0.15) is 17.6 Å². The van der Waals surface area contributed by atoms with Crippen molar-refractivity contribution in [3.8, 4) is 5.75 Å². The van der Waals surface area contributed by atoms with Crippen molar-refractivity contribution in [2.45, 2.75) is 19.0 Å². The molecule has 9 heteroatoms. The molecule has 1 fully saturated rings. The van der Waals surface area contributed by atoms with Gasteiger partial charge in [-0.15, -0.1) is 11.3 Å². The Bertz CT molecular complexity index is 1150. The maximum Gasteiger partial charge on any atom is 0.332 e. The Morgan fingerprint density at radius 2 is 1.94 bits per heavy atom. The summed E-state index contributed by atoms with van der Waals surface area (Å²) in [4.78, 5) is 42.5. The summed E-state index contributed by atoms with van der Waals surface area (Å²) in [6.07, 6.45) is -0.257. The number of hydrogen-bond donors (Lipinski definition) is 1. The summed E-state index contributed by atoms with van der Waals surface area (Å²) in [7, 11) is 1.50. The van der Waals surface area contributed by atoms with Crippen LogP contribution < -0.4 is 15.0 Å². The van der Waals surface area contributed by atoms with Crippen molar-refractivity contribution in [3.63, 3.8) is 0 Å². The van der Waals surface area contributed by atoms with Crippen molar-refractivity contribution in [2.75, 3.05) is 17.3 Å². The first kappa shape index (κ1) is 21.5. The first-order valence-electron chi connectivity index (χ1n) is 9.82. The van der Waals surface area contributed by atoms with Crippen LogP contribution in [0.3, 0.4) is 0 Å². The van der Waals surface area contributed by atoms with Gasteiger partial charge in [-0.2, -0.15) is 0 Å². The lowest BCUT2D eigenvalue weighted by Gasteiger charge is -2.21. The summed E-state index contributed by atoms with van der Waals surface area (Å²) in [6, 6.07) is 14.3. The molecule has 32 heavy (non-hydrogen) atoms. The number of benzene rings is 2. The second-order valence-electron chi connectivity index (χ2n) is 7.14. The van der Waals surface area contributed by atoms with E-state index in [1.165, 1.54) is 41.5 Å². The molecule has 0 aliphatic carbocycles. The molecule has 1 saturated heterocycles. The third-order valence-corrected chi connectivity index (χ3v) is 5.88. The van der Waals surface area contributed by atoms with Crippen LogP contribution in [0.5, 0.6) is 5.75 Å². The first-order valence-corrected chi connectivity index (χ1v) is 10.7. The van der Waals surface area contributed by atoms with Gasteiger partial charge in [0, 0.05) is 16.6 Å². The zero-order valence-electron chi connectivity index (χ0n) is 17.2. The minimum atomic E-state index is -0.996. The first-order chi connectivity index (χ1) is 15.5. The van der Waals surface area contributed by atoms with Gasteiger partial charge in [0.15, 0.2) is 0 Å². The van der Waals surface area contributed by atoms with Crippen LogP contribution in [0.15, 0.2) is 66.0 Å². The maximum absolute atomic E-state index is 13.4. The molecule has 0 unspecified atom stereocenters. The molecule has 0 radical (unpaired) electrons. The number of urea groups is 1. The number of imide groups is 1. The van der Waals surface area contributed by atoms with Crippen LogP contribution in [-0.4, -0.2) is 35.9 Å². The molecule has 1 N–H and O–H groups in total. The van der Waals surface area contributed by atoms with Gasteiger partial charge in [-0.1, -0.05) is 18.2 Å². The van der Waals surface area contributed by atoms with Crippen LogP contribution in [0, 0.1) is 5.82 Å². The molecule has 1 aliphatic rings. The number of halogens is 1. The Hall–Kier alpha value is -3.72. The second kappa shape index (κ2) is 9.19. The van der Waals surface area contributed by atoms with E-state index in [-0.39, 0.29) is 18.7 Å². The quantitative estimate of drug-likeness (QED) is 0.542. The van der Waals surface area contributed by atoms with Gasteiger partial charge in [-0.05, 0) is 41.8 Å². The smallest absolute Gasteiger partial charge is 0.332 e. The average molecular weight is 453 g/mol. The van der Waals surface area contributed by atoms with E-state index in [0.29, 0.717) is 11.4 Å². The molecular formula is C23H20FN3O4S. The highest BCUT2D eigenvalue weighted by atomic mass is 32.1. The Morgan fingerprint density at radius 3 is 2.66 bits per heavy atom. The van der Waals surface area contributed by atoms with Gasteiger partial charge < -0.3 is 15.0 Å². The Kier molecular flexibility index (Phi) is 6.18. The van der Waals surface area contributed by atoms with E-state index in [2.05, 4.69) is 5.32 Å². The molecule has 1 atom stereocenters. The van der Waals surface area contributed by atoms with Crippen LogP contribution in [0.1, 0.15) is 11.3 Å². The SMILES string of the molecule is COc1cccc(N2C(=O)[C@@H](CC(=O)Nc3cccc(F)c3)N(Cc3cccs3)C2=O)c1. The molecule has 0 saturated carbocycles. The summed E-state index contributed by atoms with van der Waals surface area (Å²) < 4.78 is 18.6. The van der Waals surface area contributed by atoms with Crippen molar-refractivity contribution < 1.29 is 23.5 Å². The second-order valence-corrected chi connectivity index (χ2v) is 8.18. The molecule has 1 aliphatic heterocycles. The number of nitrogens with one attached hydrogen (secondary N) is 1. The topological polar surface area (TPSA) is 79.0 Å². The van der Waals surface area contributed by atoms with Crippen LogP contribution in [0.4, 0.5) is 20.6 Å². The number of ether oxygens (including phenoxy) is 1. The average Bonchev–Trinajstić information content (AvgIpc) is 3.36. The third-order valence-electron chi connectivity index (χ3n) is 5.02. The van der Waals surface area contributed by atoms with E-state index in [4.69, 9.17) is 4.74 Å². The van der Waals surface area contributed by atoms with Gasteiger partial charge in [0.05, 0.1) is 25.8 Å². The zero-order valence-corrected chi connectivity index (χ0v) is 18.0. The predicted molar refractivity (Wildman–Crippen MR) is 119 cm³/mol. The molecule has 4 amide bonds. The number of amides is 4. The molecule has 3 aromatic rings. The van der Waals surface area contributed by atoms with Crippen molar-refractivity contribution >= 4 is 40.6 Å². The summed E-state index contributed by atoms with van der Waals surface area (Å²) >= 11 is 1.46. The number of nitrogens with zero attached hydrogens (tertiary/aromatic N) is 2. The fraction of sp³-hybridized carbons (Fsp3) is 0.174. The van der Waals surface area contributed by atoms with E-state index in [1.54, 1.807) is 30.3 Å². The molecule has 0 spiro atoms.